The summed E-state index contributed by atoms with van der Waals surface area (Å²) in [7, 11) is -3.68. The van der Waals surface area contributed by atoms with Gasteiger partial charge in [0.2, 0.25) is 15.3 Å². The van der Waals surface area contributed by atoms with Crippen LogP contribution in [0.25, 0.3) is 0 Å². The molecule has 1 heterocycles. The van der Waals surface area contributed by atoms with Crippen LogP contribution in [0.2, 0.25) is 0 Å². The Balaban J connectivity index is 2.20. The lowest BCUT2D eigenvalue weighted by atomic mass is 10.00. The molecule has 0 N–H and O–H groups in total. The van der Waals surface area contributed by atoms with Crippen LogP contribution in [0.1, 0.15) is 34.3 Å². The topological polar surface area (TPSA) is 60.4 Å². The molecular formula is C16H14O4S. The van der Waals surface area contributed by atoms with E-state index in [1.165, 1.54) is 6.92 Å². The number of sulfone groups is 1. The number of ether oxygens (including phenoxy) is 1. The lowest BCUT2D eigenvalue weighted by molar-refractivity contribution is -0.142. The third-order valence-electron chi connectivity index (χ3n) is 3.53. The smallest absolute Gasteiger partial charge is 0.304 e. The molecule has 5 heteroatoms. The maximum absolute atomic E-state index is 12.8. The Labute approximate surface area is 123 Å². The summed E-state index contributed by atoms with van der Waals surface area (Å²) < 4.78 is 30.7. The van der Waals surface area contributed by atoms with Crippen molar-refractivity contribution in [3.05, 3.63) is 71.3 Å². The van der Waals surface area contributed by atoms with E-state index in [1.54, 1.807) is 48.5 Å². The van der Waals surface area contributed by atoms with Gasteiger partial charge >= 0.3 is 5.97 Å². The SMILES string of the molecule is CC(=O)O[C@@H]1c2ccccc2[C@H](c2ccccc2)S1(=O)=O. The van der Waals surface area contributed by atoms with Crippen LogP contribution >= 0.6 is 0 Å². The molecule has 1 aliphatic rings. The van der Waals surface area contributed by atoms with Crippen molar-refractivity contribution in [2.24, 2.45) is 0 Å². The van der Waals surface area contributed by atoms with E-state index in [9.17, 15) is 13.2 Å². The highest BCUT2D eigenvalue weighted by atomic mass is 32.2. The molecule has 2 atom stereocenters. The van der Waals surface area contributed by atoms with E-state index in [1.807, 2.05) is 6.07 Å². The van der Waals surface area contributed by atoms with E-state index < -0.39 is 26.5 Å². The van der Waals surface area contributed by atoms with E-state index in [0.29, 0.717) is 16.7 Å². The van der Waals surface area contributed by atoms with Gasteiger partial charge in [0.25, 0.3) is 0 Å². The van der Waals surface area contributed by atoms with Gasteiger partial charge in [-0.05, 0) is 11.1 Å². The van der Waals surface area contributed by atoms with Crippen LogP contribution in [0.3, 0.4) is 0 Å². The number of benzene rings is 2. The molecule has 0 fully saturated rings. The molecule has 1 aliphatic heterocycles. The molecule has 0 amide bonds. The summed E-state index contributed by atoms with van der Waals surface area (Å²) in [4.78, 5) is 11.3. The summed E-state index contributed by atoms with van der Waals surface area (Å²) in [5.41, 5.74) is 0.674. The summed E-state index contributed by atoms with van der Waals surface area (Å²) >= 11 is 0. The lowest BCUT2D eigenvalue weighted by Gasteiger charge is -2.14. The van der Waals surface area contributed by atoms with Crippen molar-refractivity contribution in [2.75, 3.05) is 0 Å². The van der Waals surface area contributed by atoms with Gasteiger partial charge in [-0.25, -0.2) is 8.42 Å². The summed E-state index contributed by atoms with van der Waals surface area (Å²) in [6, 6.07) is 16.0. The fourth-order valence-electron chi connectivity index (χ4n) is 2.72. The van der Waals surface area contributed by atoms with Gasteiger partial charge in [0.15, 0.2) is 0 Å². The first-order chi connectivity index (χ1) is 10.0. The minimum absolute atomic E-state index is 0.543. The van der Waals surface area contributed by atoms with E-state index >= 15 is 0 Å². The van der Waals surface area contributed by atoms with Crippen LogP contribution < -0.4 is 0 Å². The van der Waals surface area contributed by atoms with Crippen LogP contribution in [-0.2, 0) is 19.4 Å². The zero-order chi connectivity index (χ0) is 15.0. The molecule has 2 aromatic carbocycles. The third-order valence-corrected chi connectivity index (χ3v) is 5.66. The van der Waals surface area contributed by atoms with Gasteiger partial charge in [-0.2, -0.15) is 0 Å². The van der Waals surface area contributed by atoms with Crippen molar-refractivity contribution in [2.45, 2.75) is 17.6 Å². The second-order valence-electron chi connectivity index (χ2n) is 4.95. The van der Waals surface area contributed by atoms with Crippen molar-refractivity contribution in [1.29, 1.82) is 0 Å². The second-order valence-corrected chi connectivity index (χ2v) is 7.03. The molecule has 0 unspecified atom stereocenters. The standard InChI is InChI=1S/C16H14O4S/c1-11(17)20-16-14-10-6-5-9-13(14)15(21(16,18)19)12-7-3-2-4-8-12/h2-10,15-16H,1H3/t15-,16-/m0/s1. The number of fused-ring (bicyclic) bond motifs is 1. The average molecular weight is 302 g/mol. The molecule has 0 bridgehead atoms. The first kappa shape index (κ1) is 13.8. The lowest BCUT2D eigenvalue weighted by Crippen LogP contribution is -2.17. The first-order valence-corrected chi connectivity index (χ1v) is 8.16. The largest absolute Gasteiger partial charge is 0.441 e. The molecule has 0 aliphatic carbocycles. The highest BCUT2D eigenvalue weighted by Crippen LogP contribution is 2.48. The molecule has 0 spiro atoms. The predicted molar refractivity (Wildman–Crippen MR) is 78.2 cm³/mol. The van der Waals surface area contributed by atoms with Crippen LogP contribution in [0, 0.1) is 0 Å². The molecule has 108 valence electrons. The fraction of sp³-hybridized carbons (Fsp3) is 0.188. The zero-order valence-electron chi connectivity index (χ0n) is 11.4. The maximum atomic E-state index is 12.8. The molecule has 2 aromatic rings. The highest BCUT2D eigenvalue weighted by molar-refractivity contribution is 7.92. The quantitative estimate of drug-likeness (QED) is 0.800. The summed E-state index contributed by atoms with van der Waals surface area (Å²) in [6.07, 6.45) is 0. The van der Waals surface area contributed by atoms with Crippen molar-refractivity contribution in [3.8, 4) is 0 Å². The molecule has 0 radical (unpaired) electrons. The number of esters is 1. The number of carbonyl (C=O) groups is 1. The second kappa shape index (κ2) is 5.00. The van der Waals surface area contributed by atoms with Gasteiger partial charge in [-0.3, -0.25) is 4.79 Å². The Bertz CT molecular complexity index is 781. The Morgan fingerprint density at radius 1 is 0.952 bits per heavy atom. The molecule has 3 rings (SSSR count). The van der Waals surface area contributed by atoms with Gasteiger partial charge in [-0.15, -0.1) is 0 Å². The molecular weight excluding hydrogens is 288 g/mol. The number of hydrogen-bond acceptors (Lipinski definition) is 4. The van der Waals surface area contributed by atoms with E-state index in [2.05, 4.69) is 0 Å². The zero-order valence-corrected chi connectivity index (χ0v) is 12.2. The number of rotatable bonds is 2. The summed E-state index contributed by atoms with van der Waals surface area (Å²) in [6.45, 7) is 1.22. The van der Waals surface area contributed by atoms with Crippen molar-refractivity contribution in [3.63, 3.8) is 0 Å². The summed E-state index contributed by atoms with van der Waals surface area (Å²) in [5.74, 6) is -0.605. The Hall–Kier alpha value is -2.14. The normalized spacial score (nSPS) is 22.5. The van der Waals surface area contributed by atoms with Crippen molar-refractivity contribution in [1.82, 2.24) is 0 Å². The van der Waals surface area contributed by atoms with E-state index in [4.69, 9.17) is 4.74 Å². The van der Waals surface area contributed by atoms with E-state index in [0.717, 1.165) is 0 Å². The number of carbonyl (C=O) groups excluding carboxylic acids is 1. The van der Waals surface area contributed by atoms with Gasteiger partial charge in [0.05, 0.1) is 0 Å². The third kappa shape index (κ3) is 2.23. The van der Waals surface area contributed by atoms with Crippen LogP contribution in [0.4, 0.5) is 0 Å². The van der Waals surface area contributed by atoms with Gasteiger partial charge in [-0.1, -0.05) is 54.6 Å². The molecule has 0 aromatic heterocycles. The maximum Gasteiger partial charge on any atom is 0.304 e. The first-order valence-electron chi connectivity index (χ1n) is 6.55. The molecule has 0 saturated heterocycles. The highest BCUT2D eigenvalue weighted by Gasteiger charge is 2.47. The monoisotopic (exact) mass is 302 g/mol. The van der Waals surface area contributed by atoms with Crippen molar-refractivity contribution >= 4 is 15.8 Å². The molecule has 0 saturated carbocycles. The van der Waals surface area contributed by atoms with Gasteiger partial charge < -0.3 is 4.74 Å². The van der Waals surface area contributed by atoms with Crippen LogP contribution in [-0.4, -0.2) is 14.4 Å². The Kier molecular flexibility index (Phi) is 3.29. The van der Waals surface area contributed by atoms with E-state index in [-0.39, 0.29) is 0 Å². The Morgan fingerprint density at radius 3 is 2.14 bits per heavy atom. The number of hydrogen-bond donors (Lipinski definition) is 0. The van der Waals surface area contributed by atoms with Gasteiger partial charge in [0.1, 0.15) is 5.25 Å². The minimum Gasteiger partial charge on any atom is -0.441 e. The fourth-order valence-corrected chi connectivity index (χ4v) is 4.91. The predicted octanol–water partition coefficient (Wildman–Crippen LogP) is 2.77. The summed E-state index contributed by atoms with van der Waals surface area (Å²) in [5, 5.41) is -0.792. The molecule has 21 heavy (non-hydrogen) atoms. The minimum atomic E-state index is -3.68. The average Bonchev–Trinajstić information content (AvgIpc) is 2.67. The molecule has 4 nitrogen and oxygen atoms in total. The Morgan fingerprint density at radius 2 is 1.52 bits per heavy atom. The van der Waals surface area contributed by atoms with Gasteiger partial charge in [0, 0.05) is 12.5 Å². The van der Waals surface area contributed by atoms with Crippen molar-refractivity contribution < 1.29 is 17.9 Å². The van der Waals surface area contributed by atoms with Crippen LogP contribution in [0.5, 0.6) is 0 Å². The van der Waals surface area contributed by atoms with Crippen LogP contribution in [0.15, 0.2) is 54.6 Å².